The Kier molecular flexibility index (Phi) is 14.9. The number of nitrogens with zero attached hydrogens (tertiary/aromatic N) is 1. The maximum atomic E-state index is 14.1. The number of sulfonamides is 1. The van der Waals surface area contributed by atoms with Crippen molar-refractivity contribution in [1.82, 2.24) is 14.9 Å². The second-order valence-corrected chi connectivity index (χ2v) is 15.2. The van der Waals surface area contributed by atoms with Gasteiger partial charge in [-0.05, 0) is 91.7 Å². The average Bonchev–Trinajstić information content (AvgIpc) is 2.84. The van der Waals surface area contributed by atoms with Gasteiger partial charge < -0.3 is 25.8 Å². The van der Waals surface area contributed by atoms with E-state index in [2.05, 4.69) is 10.6 Å². The van der Waals surface area contributed by atoms with Gasteiger partial charge in [-0.2, -0.15) is 4.31 Å². The fraction of sp³-hybridized carbons (Fsp3) is 0.710. The highest BCUT2D eigenvalue weighted by molar-refractivity contribution is 7.89. The van der Waals surface area contributed by atoms with Gasteiger partial charge in [-0.1, -0.05) is 38.5 Å². The normalized spacial score (nSPS) is 13.8. The van der Waals surface area contributed by atoms with Crippen LogP contribution in [0.4, 0.5) is 9.59 Å². The van der Waals surface area contributed by atoms with Gasteiger partial charge in [0.05, 0.1) is 10.8 Å². The molecule has 0 radical (unpaired) electrons. The van der Waals surface area contributed by atoms with Crippen molar-refractivity contribution < 1.29 is 32.3 Å². The number of carbonyl (C=O) groups is 3. The topological polar surface area (TPSA) is 157 Å². The van der Waals surface area contributed by atoms with Crippen molar-refractivity contribution in [2.75, 3.05) is 19.6 Å². The lowest BCUT2D eigenvalue weighted by Crippen LogP contribution is -2.42. The van der Waals surface area contributed by atoms with Crippen LogP contribution >= 0.6 is 0 Å². The number of benzene rings is 1. The number of nitrogens with two attached hydrogens (primary N) is 1. The minimum Gasteiger partial charge on any atom is -0.444 e. The van der Waals surface area contributed by atoms with Crippen LogP contribution in [0.2, 0.25) is 0 Å². The summed E-state index contributed by atoms with van der Waals surface area (Å²) in [5.41, 5.74) is 4.95. The van der Waals surface area contributed by atoms with Crippen LogP contribution in [0.1, 0.15) is 106 Å². The third-order valence-electron chi connectivity index (χ3n) is 6.32. The van der Waals surface area contributed by atoms with E-state index in [4.69, 9.17) is 15.2 Å². The van der Waals surface area contributed by atoms with Gasteiger partial charge in [0.1, 0.15) is 11.2 Å². The van der Waals surface area contributed by atoms with E-state index in [-0.39, 0.29) is 23.4 Å². The van der Waals surface area contributed by atoms with Crippen LogP contribution in [0.3, 0.4) is 0 Å². The molecule has 0 saturated heterocycles. The molecule has 2 atom stereocenters. The molecule has 0 bridgehead atoms. The molecule has 0 aliphatic rings. The first-order chi connectivity index (χ1) is 19.7. The van der Waals surface area contributed by atoms with E-state index in [1.807, 2.05) is 20.8 Å². The van der Waals surface area contributed by atoms with Crippen LogP contribution in [0, 0.1) is 5.92 Å². The number of amides is 3. The number of rotatable bonds is 16. The third-order valence-corrected chi connectivity index (χ3v) is 8.37. The van der Waals surface area contributed by atoms with Crippen molar-refractivity contribution in [3.05, 3.63) is 29.8 Å². The molecule has 0 aliphatic heterocycles. The summed E-state index contributed by atoms with van der Waals surface area (Å²) >= 11 is 0. The first kappa shape index (κ1) is 38.2. The Morgan fingerprint density at radius 1 is 0.837 bits per heavy atom. The summed E-state index contributed by atoms with van der Waals surface area (Å²) in [4.78, 5) is 36.5. The third kappa shape index (κ3) is 14.4. The maximum Gasteiger partial charge on any atom is 0.407 e. The van der Waals surface area contributed by atoms with Crippen LogP contribution in [0.25, 0.3) is 0 Å². The van der Waals surface area contributed by atoms with E-state index in [1.165, 1.54) is 10.4 Å². The molecule has 0 aromatic heterocycles. The first-order valence-corrected chi connectivity index (χ1v) is 16.5. The lowest BCUT2D eigenvalue weighted by Gasteiger charge is -2.31. The molecular formula is C31H54N4O7S. The number of carbonyl (C=O) groups excluding carboxylic acids is 3. The molecule has 1 aromatic carbocycles. The van der Waals surface area contributed by atoms with Gasteiger partial charge in [0, 0.05) is 25.7 Å². The summed E-state index contributed by atoms with van der Waals surface area (Å²) in [6, 6.07) is 6.14. The SMILES string of the molecule is CC(C)CN(C(C)CCCNC(=O)OC(C)(C)C)S(=O)(=O)c1ccccc1[C@H](CCCCNC(=O)OC(C)(C)C)C(N)=O. The van der Waals surface area contributed by atoms with Crippen molar-refractivity contribution in [3.63, 3.8) is 0 Å². The number of unbranched alkanes of at least 4 members (excludes halogenated alkanes) is 1. The number of nitrogens with one attached hydrogen (secondary N) is 2. The summed E-state index contributed by atoms with van der Waals surface area (Å²) in [6.07, 6.45) is 1.45. The van der Waals surface area contributed by atoms with Crippen molar-refractivity contribution >= 4 is 28.1 Å². The number of hydrogen-bond acceptors (Lipinski definition) is 7. The van der Waals surface area contributed by atoms with Gasteiger partial charge in [-0.3, -0.25) is 4.79 Å². The van der Waals surface area contributed by atoms with E-state index in [0.717, 1.165) is 0 Å². The number of hydrogen-bond donors (Lipinski definition) is 3. The van der Waals surface area contributed by atoms with Crippen molar-refractivity contribution in [2.45, 2.75) is 122 Å². The van der Waals surface area contributed by atoms with E-state index >= 15 is 0 Å². The fourth-order valence-corrected chi connectivity index (χ4v) is 6.56. The first-order valence-electron chi connectivity index (χ1n) is 15.1. The molecule has 0 aliphatic carbocycles. The summed E-state index contributed by atoms with van der Waals surface area (Å²) in [5.74, 6) is -1.38. The Labute approximate surface area is 258 Å². The zero-order valence-corrected chi connectivity index (χ0v) is 28.3. The monoisotopic (exact) mass is 626 g/mol. The number of alkyl carbamates (subject to hydrolysis) is 2. The van der Waals surface area contributed by atoms with Crippen LogP contribution in [-0.4, -0.2) is 67.7 Å². The van der Waals surface area contributed by atoms with Gasteiger partial charge in [0.25, 0.3) is 0 Å². The van der Waals surface area contributed by atoms with E-state index in [1.54, 1.807) is 59.7 Å². The number of ether oxygens (including phenoxy) is 2. The van der Waals surface area contributed by atoms with Gasteiger partial charge in [0.2, 0.25) is 15.9 Å². The molecule has 0 saturated carbocycles. The number of primary amides is 1. The van der Waals surface area contributed by atoms with Crippen LogP contribution in [0.5, 0.6) is 0 Å². The largest absolute Gasteiger partial charge is 0.444 e. The van der Waals surface area contributed by atoms with Crippen LogP contribution in [0.15, 0.2) is 29.2 Å². The highest BCUT2D eigenvalue weighted by Gasteiger charge is 2.34. The second kappa shape index (κ2) is 16.8. The van der Waals surface area contributed by atoms with Gasteiger partial charge >= 0.3 is 12.2 Å². The zero-order chi connectivity index (χ0) is 33.0. The zero-order valence-electron chi connectivity index (χ0n) is 27.5. The lowest BCUT2D eigenvalue weighted by atomic mass is 9.93. The minimum absolute atomic E-state index is 0.0497. The Morgan fingerprint density at radius 3 is 1.84 bits per heavy atom. The Balaban J connectivity index is 3.03. The molecule has 43 heavy (non-hydrogen) atoms. The molecule has 0 fully saturated rings. The Bertz CT molecular complexity index is 1160. The Hall–Kier alpha value is -2.86. The van der Waals surface area contributed by atoms with Crippen molar-refractivity contribution in [1.29, 1.82) is 0 Å². The molecule has 3 amide bonds. The molecule has 0 heterocycles. The summed E-state index contributed by atoms with van der Waals surface area (Å²) in [7, 11) is -4.01. The summed E-state index contributed by atoms with van der Waals surface area (Å²) < 4.78 is 40.3. The van der Waals surface area contributed by atoms with E-state index in [0.29, 0.717) is 50.8 Å². The predicted molar refractivity (Wildman–Crippen MR) is 168 cm³/mol. The summed E-state index contributed by atoms with van der Waals surface area (Å²) in [5, 5.41) is 5.40. The molecule has 246 valence electrons. The minimum atomic E-state index is -4.01. The lowest BCUT2D eigenvalue weighted by molar-refractivity contribution is -0.119. The molecule has 1 aromatic rings. The van der Waals surface area contributed by atoms with Crippen molar-refractivity contribution in [2.24, 2.45) is 11.7 Å². The highest BCUT2D eigenvalue weighted by Crippen LogP contribution is 2.31. The van der Waals surface area contributed by atoms with Gasteiger partial charge in [-0.15, -0.1) is 0 Å². The average molecular weight is 627 g/mol. The molecule has 12 heteroatoms. The van der Waals surface area contributed by atoms with Gasteiger partial charge in [-0.25, -0.2) is 18.0 Å². The predicted octanol–water partition coefficient (Wildman–Crippen LogP) is 5.29. The fourth-order valence-electron chi connectivity index (χ4n) is 4.48. The molecule has 4 N–H and O–H groups in total. The van der Waals surface area contributed by atoms with Crippen molar-refractivity contribution in [3.8, 4) is 0 Å². The second-order valence-electron chi connectivity index (χ2n) is 13.3. The molecule has 1 unspecified atom stereocenters. The highest BCUT2D eigenvalue weighted by atomic mass is 32.2. The molecule has 11 nitrogen and oxygen atoms in total. The van der Waals surface area contributed by atoms with E-state index in [9.17, 15) is 22.8 Å². The molecule has 0 spiro atoms. The van der Waals surface area contributed by atoms with Crippen LogP contribution in [-0.2, 0) is 24.3 Å². The quantitative estimate of drug-likeness (QED) is 0.210. The molecular weight excluding hydrogens is 572 g/mol. The summed E-state index contributed by atoms with van der Waals surface area (Å²) in [6.45, 7) is 17.4. The van der Waals surface area contributed by atoms with Crippen LogP contribution < -0.4 is 16.4 Å². The standard InChI is InChI=1S/C31H54N4O7S/c1-22(2)21-35(23(3)15-14-20-34-29(38)42-31(7,8)9)43(39,40)26-18-11-10-16-24(26)25(27(32)36)17-12-13-19-33-28(37)41-30(4,5)6/h10-11,16,18,22-23,25H,12-15,17,19-21H2,1-9H3,(H2,32,36)(H,33,37)(H,34,38)/t23?,25-/m0/s1. The molecule has 1 rings (SSSR count). The maximum absolute atomic E-state index is 14.1. The van der Waals surface area contributed by atoms with E-state index < -0.39 is 45.2 Å². The van der Waals surface area contributed by atoms with Gasteiger partial charge in [0.15, 0.2) is 0 Å². The smallest absolute Gasteiger partial charge is 0.407 e. The Morgan fingerprint density at radius 2 is 1.35 bits per heavy atom.